The van der Waals surface area contributed by atoms with Crippen molar-refractivity contribution in [2.24, 2.45) is 5.92 Å². The van der Waals surface area contributed by atoms with Gasteiger partial charge >= 0.3 is 6.09 Å². The Morgan fingerprint density at radius 3 is 2.08 bits per heavy atom. The zero-order valence-electron chi connectivity index (χ0n) is 22.7. The number of carbonyl (C=O) groups is 3. The number of aryl methyl sites for hydroxylation is 3. The zero-order chi connectivity index (χ0) is 27.4. The number of likely N-dealkylation sites (N-methyl/N-ethyl adjacent to an activating group) is 1. The van der Waals surface area contributed by atoms with Gasteiger partial charge < -0.3 is 20.3 Å². The normalized spacial score (nSPS) is 13.1. The van der Waals surface area contributed by atoms with Gasteiger partial charge in [0.15, 0.2) is 0 Å². The summed E-state index contributed by atoms with van der Waals surface area (Å²) in [6.07, 6.45) is -0.693. The Bertz CT molecular complexity index is 1080. The van der Waals surface area contributed by atoms with Gasteiger partial charge in [0.05, 0.1) is 10.7 Å². The fourth-order valence-corrected chi connectivity index (χ4v) is 4.26. The number of nitrogens with one attached hydrogen (secondary N) is 2. The highest BCUT2D eigenvalue weighted by molar-refractivity contribution is 6.34. The molecule has 2 N–H and O–H groups in total. The van der Waals surface area contributed by atoms with E-state index in [9.17, 15) is 14.4 Å². The number of hydrogen-bond donors (Lipinski definition) is 2. The van der Waals surface area contributed by atoms with E-state index in [1.165, 1.54) is 4.90 Å². The monoisotopic (exact) mass is 515 g/mol. The summed E-state index contributed by atoms with van der Waals surface area (Å²) in [5.41, 5.74) is 3.16. The number of hydrogen-bond acceptors (Lipinski definition) is 4. The summed E-state index contributed by atoms with van der Waals surface area (Å²) >= 11 is 6.36. The summed E-state index contributed by atoms with van der Waals surface area (Å²) in [6.45, 7) is 14.6. The van der Waals surface area contributed by atoms with E-state index < -0.39 is 35.6 Å². The van der Waals surface area contributed by atoms with Crippen molar-refractivity contribution in [3.63, 3.8) is 0 Å². The smallest absolute Gasteiger partial charge is 0.408 e. The van der Waals surface area contributed by atoms with Crippen molar-refractivity contribution in [1.82, 2.24) is 10.2 Å². The van der Waals surface area contributed by atoms with Gasteiger partial charge in [0, 0.05) is 7.05 Å². The molecule has 8 heteroatoms. The molecule has 0 saturated carbocycles. The van der Waals surface area contributed by atoms with Crippen molar-refractivity contribution in [3.05, 3.63) is 63.7 Å². The maximum Gasteiger partial charge on any atom is 0.408 e. The summed E-state index contributed by atoms with van der Waals surface area (Å²) in [5.74, 6) is -1.07. The molecule has 0 aliphatic heterocycles. The average Bonchev–Trinajstić information content (AvgIpc) is 2.72. The van der Waals surface area contributed by atoms with Crippen molar-refractivity contribution >= 4 is 35.2 Å². The van der Waals surface area contributed by atoms with Crippen LogP contribution in [0.25, 0.3) is 0 Å². The second-order valence-corrected chi connectivity index (χ2v) is 11.0. The number of amides is 3. The van der Waals surface area contributed by atoms with Crippen LogP contribution in [0, 0.1) is 26.7 Å². The Morgan fingerprint density at radius 1 is 1.00 bits per heavy atom. The van der Waals surface area contributed by atoms with E-state index in [0.29, 0.717) is 16.3 Å². The molecule has 2 unspecified atom stereocenters. The standard InChI is InChI=1S/C28H38ClN3O4/c1-16(2)22(31-27(35)36-28(6,7)8)26(34)32(9)24(20-14-17(3)13-18(4)15-20)25(33)30-23-19(5)11-10-12-21(23)29/h10-16,22,24H,1-9H3,(H,30,33)(H,31,35). The molecule has 2 atom stereocenters. The second kappa shape index (κ2) is 11.8. The lowest BCUT2D eigenvalue weighted by atomic mass is 9.97. The van der Waals surface area contributed by atoms with Gasteiger partial charge in [-0.2, -0.15) is 0 Å². The third kappa shape index (κ3) is 7.72. The third-order valence-corrected chi connectivity index (χ3v) is 5.93. The minimum absolute atomic E-state index is 0.249. The quantitative estimate of drug-likeness (QED) is 0.476. The third-order valence-electron chi connectivity index (χ3n) is 5.62. The lowest BCUT2D eigenvalue weighted by Gasteiger charge is -2.33. The first-order chi connectivity index (χ1) is 16.6. The first-order valence-corrected chi connectivity index (χ1v) is 12.4. The Balaban J connectivity index is 2.47. The average molecular weight is 516 g/mol. The van der Waals surface area contributed by atoms with Gasteiger partial charge in [-0.25, -0.2) is 4.79 Å². The highest BCUT2D eigenvalue weighted by atomic mass is 35.5. The second-order valence-electron chi connectivity index (χ2n) is 10.6. The minimum Gasteiger partial charge on any atom is -0.444 e. The van der Waals surface area contributed by atoms with Gasteiger partial charge in [0.1, 0.15) is 17.7 Å². The van der Waals surface area contributed by atoms with Crippen LogP contribution in [0.4, 0.5) is 10.5 Å². The molecule has 36 heavy (non-hydrogen) atoms. The Kier molecular flexibility index (Phi) is 9.55. The molecule has 0 radical (unpaired) electrons. The highest BCUT2D eigenvalue weighted by Crippen LogP contribution is 2.30. The molecule has 7 nitrogen and oxygen atoms in total. The SMILES string of the molecule is Cc1cc(C)cc(C(C(=O)Nc2c(C)cccc2Cl)N(C)C(=O)C(NC(=O)OC(C)(C)C)C(C)C)c1. The van der Waals surface area contributed by atoms with E-state index in [-0.39, 0.29) is 5.92 Å². The Morgan fingerprint density at radius 2 is 1.58 bits per heavy atom. The lowest BCUT2D eigenvalue weighted by Crippen LogP contribution is -2.53. The molecule has 0 saturated heterocycles. The van der Waals surface area contributed by atoms with Crippen molar-refractivity contribution in [3.8, 4) is 0 Å². The van der Waals surface area contributed by atoms with Gasteiger partial charge in [-0.05, 0) is 64.7 Å². The summed E-state index contributed by atoms with van der Waals surface area (Å²) in [5, 5.41) is 6.01. The molecule has 0 bridgehead atoms. The molecule has 2 aromatic rings. The first-order valence-electron chi connectivity index (χ1n) is 12.0. The molecule has 0 heterocycles. The molecular formula is C28H38ClN3O4. The van der Waals surface area contributed by atoms with Crippen LogP contribution >= 0.6 is 11.6 Å². The maximum atomic E-state index is 13.7. The van der Waals surface area contributed by atoms with Crippen molar-refractivity contribution in [1.29, 1.82) is 0 Å². The van der Waals surface area contributed by atoms with Gasteiger partial charge in [-0.3, -0.25) is 9.59 Å². The summed E-state index contributed by atoms with van der Waals surface area (Å²) in [4.78, 5) is 41.3. The number of alkyl carbamates (subject to hydrolysis) is 1. The number of benzene rings is 2. The van der Waals surface area contributed by atoms with Crippen LogP contribution in [0.3, 0.4) is 0 Å². The number of nitrogens with zero attached hydrogens (tertiary/aromatic N) is 1. The maximum absolute atomic E-state index is 13.7. The predicted molar refractivity (Wildman–Crippen MR) is 144 cm³/mol. The fraction of sp³-hybridized carbons (Fsp3) is 0.464. The van der Waals surface area contributed by atoms with Crippen LogP contribution in [0.2, 0.25) is 5.02 Å². The molecule has 0 spiro atoms. The van der Waals surface area contributed by atoms with E-state index >= 15 is 0 Å². The fourth-order valence-electron chi connectivity index (χ4n) is 4.00. The predicted octanol–water partition coefficient (Wildman–Crippen LogP) is 5.95. The first kappa shape index (κ1) is 29.2. The summed E-state index contributed by atoms with van der Waals surface area (Å²) < 4.78 is 5.36. The molecule has 3 amide bonds. The number of ether oxygens (including phenoxy) is 1. The van der Waals surface area contributed by atoms with Crippen LogP contribution in [0.15, 0.2) is 36.4 Å². The minimum atomic E-state index is -0.964. The van der Waals surface area contributed by atoms with Gasteiger partial charge in [-0.15, -0.1) is 0 Å². The van der Waals surface area contributed by atoms with Crippen LogP contribution in [0.5, 0.6) is 0 Å². The van der Waals surface area contributed by atoms with E-state index in [0.717, 1.165) is 16.7 Å². The zero-order valence-corrected chi connectivity index (χ0v) is 23.4. The topological polar surface area (TPSA) is 87.7 Å². The van der Waals surface area contributed by atoms with Crippen molar-refractivity contribution < 1.29 is 19.1 Å². The Labute approximate surface area is 219 Å². The van der Waals surface area contributed by atoms with Gasteiger partial charge in [-0.1, -0.05) is 66.9 Å². The largest absolute Gasteiger partial charge is 0.444 e. The van der Waals surface area contributed by atoms with Crippen LogP contribution < -0.4 is 10.6 Å². The van der Waals surface area contributed by atoms with E-state index in [1.54, 1.807) is 40.0 Å². The highest BCUT2D eigenvalue weighted by Gasteiger charge is 2.36. The number of anilines is 1. The van der Waals surface area contributed by atoms with Gasteiger partial charge in [0.25, 0.3) is 5.91 Å². The van der Waals surface area contributed by atoms with Crippen molar-refractivity contribution in [2.75, 3.05) is 12.4 Å². The lowest BCUT2D eigenvalue weighted by molar-refractivity contribution is -0.140. The molecule has 2 rings (SSSR count). The van der Waals surface area contributed by atoms with Crippen molar-refractivity contribution in [2.45, 2.75) is 73.1 Å². The van der Waals surface area contributed by atoms with E-state index in [4.69, 9.17) is 16.3 Å². The molecule has 196 valence electrons. The molecule has 0 aliphatic carbocycles. The van der Waals surface area contributed by atoms with Crippen LogP contribution in [0.1, 0.15) is 62.9 Å². The summed E-state index contributed by atoms with van der Waals surface area (Å²) in [6, 6.07) is 9.26. The molecule has 0 fully saturated rings. The van der Waals surface area contributed by atoms with Crippen LogP contribution in [-0.2, 0) is 14.3 Å². The number of halogens is 1. The number of carbonyl (C=O) groups excluding carboxylic acids is 3. The van der Waals surface area contributed by atoms with E-state index in [2.05, 4.69) is 10.6 Å². The van der Waals surface area contributed by atoms with Crippen LogP contribution in [-0.4, -0.2) is 41.5 Å². The number of para-hydroxylation sites is 1. The summed E-state index contributed by atoms with van der Waals surface area (Å²) in [7, 11) is 1.57. The molecular weight excluding hydrogens is 478 g/mol. The molecule has 2 aromatic carbocycles. The number of rotatable bonds is 7. The van der Waals surface area contributed by atoms with E-state index in [1.807, 2.05) is 58.9 Å². The molecule has 0 aromatic heterocycles. The van der Waals surface area contributed by atoms with Gasteiger partial charge in [0.2, 0.25) is 5.91 Å². The molecule has 0 aliphatic rings. The Hall–Kier alpha value is -3.06.